The molecule has 24 heavy (non-hydrogen) atoms. The number of fused-ring (bicyclic) bond motifs is 1. The summed E-state index contributed by atoms with van der Waals surface area (Å²) in [5, 5.41) is 8.96. The third-order valence-electron chi connectivity index (χ3n) is 4.32. The lowest BCUT2D eigenvalue weighted by Gasteiger charge is -2.25. The summed E-state index contributed by atoms with van der Waals surface area (Å²) in [5.74, 6) is 0.0736. The van der Waals surface area contributed by atoms with Crippen molar-refractivity contribution in [3.8, 4) is 17.1 Å². The molecule has 8 nitrogen and oxygen atoms in total. The van der Waals surface area contributed by atoms with Crippen molar-refractivity contribution in [1.29, 1.82) is 0 Å². The van der Waals surface area contributed by atoms with E-state index < -0.39 is 5.97 Å². The Balaban J connectivity index is 1.76. The monoisotopic (exact) mass is 332 g/mol. The van der Waals surface area contributed by atoms with E-state index in [-0.39, 0.29) is 12.1 Å². The molecule has 2 aliphatic heterocycles. The third kappa shape index (κ3) is 2.47. The average molecular weight is 332 g/mol. The van der Waals surface area contributed by atoms with Crippen molar-refractivity contribution < 1.29 is 19.0 Å². The lowest BCUT2D eigenvalue weighted by Crippen LogP contribution is -2.30. The third-order valence-corrected chi connectivity index (χ3v) is 4.32. The van der Waals surface area contributed by atoms with Crippen molar-refractivity contribution in [3.63, 3.8) is 0 Å². The summed E-state index contributed by atoms with van der Waals surface area (Å²) in [7, 11) is 0. The molecule has 2 aliphatic rings. The number of esters is 1. The van der Waals surface area contributed by atoms with Gasteiger partial charge in [0.25, 0.3) is 0 Å². The number of ether oxygens (including phenoxy) is 3. The average Bonchev–Trinajstić information content (AvgIpc) is 3.09. The number of aryl methyl sites for hydroxylation is 1. The van der Waals surface area contributed by atoms with Gasteiger partial charge in [-0.3, -0.25) is 4.68 Å². The van der Waals surface area contributed by atoms with Gasteiger partial charge < -0.3 is 14.2 Å². The molecule has 128 valence electrons. The van der Waals surface area contributed by atoms with Crippen molar-refractivity contribution in [1.82, 2.24) is 19.6 Å². The summed E-state index contributed by atoms with van der Waals surface area (Å²) in [6.45, 7) is 6.11. The summed E-state index contributed by atoms with van der Waals surface area (Å²) in [6, 6.07) is 0.248. The van der Waals surface area contributed by atoms with Crippen LogP contribution in [-0.4, -0.2) is 51.5 Å². The van der Waals surface area contributed by atoms with Crippen LogP contribution in [0, 0.1) is 0 Å². The number of nitrogens with zero attached hydrogens (tertiary/aromatic N) is 4. The van der Waals surface area contributed by atoms with Gasteiger partial charge in [-0.15, -0.1) is 0 Å². The zero-order valence-electron chi connectivity index (χ0n) is 13.8. The minimum absolute atomic E-state index is 0.0464. The maximum Gasteiger partial charge on any atom is 0.345 e. The Bertz CT molecular complexity index is 762. The largest absolute Gasteiger partial charge is 0.474 e. The van der Waals surface area contributed by atoms with E-state index in [1.165, 1.54) is 0 Å². The summed E-state index contributed by atoms with van der Waals surface area (Å²) >= 11 is 0. The first-order chi connectivity index (χ1) is 11.7. The smallest absolute Gasteiger partial charge is 0.345 e. The molecule has 1 atom stereocenters. The van der Waals surface area contributed by atoms with Gasteiger partial charge >= 0.3 is 5.97 Å². The van der Waals surface area contributed by atoms with E-state index in [0.29, 0.717) is 43.5 Å². The van der Waals surface area contributed by atoms with E-state index in [9.17, 15) is 4.79 Å². The van der Waals surface area contributed by atoms with Crippen LogP contribution in [0.5, 0.6) is 5.88 Å². The first kappa shape index (κ1) is 15.2. The molecule has 1 saturated heterocycles. The Labute approximate surface area is 139 Å². The van der Waals surface area contributed by atoms with E-state index in [2.05, 4.69) is 10.2 Å². The molecule has 0 radical (unpaired) electrons. The molecule has 2 aromatic rings. The van der Waals surface area contributed by atoms with Crippen LogP contribution in [0.1, 0.15) is 36.7 Å². The normalized spacial score (nSPS) is 20.2. The Morgan fingerprint density at radius 3 is 3.00 bits per heavy atom. The van der Waals surface area contributed by atoms with Crippen LogP contribution in [0.2, 0.25) is 0 Å². The number of hydrogen-bond acceptors (Lipinski definition) is 6. The van der Waals surface area contributed by atoms with Gasteiger partial charge in [0.15, 0.2) is 0 Å². The number of carbonyl (C=O) groups is 1. The molecule has 0 spiro atoms. The van der Waals surface area contributed by atoms with Crippen LogP contribution in [0.15, 0.2) is 12.4 Å². The van der Waals surface area contributed by atoms with Gasteiger partial charge in [-0.05, 0) is 13.8 Å². The molecular weight excluding hydrogens is 312 g/mol. The quantitative estimate of drug-likeness (QED) is 0.792. The maximum atomic E-state index is 12.5. The molecule has 0 saturated carbocycles. The fourth-order valence-corrected chi connectivity index (χ4v) is 2.90. The molecule has 0 unspecified atom stereocenters. The fraction of sp³-hybridized carbons (Fsp3) is 0.562. The first-order valence-electron chi connectivity index (χ1n) is 8.24. The molecule has 4 heterocycles. The van der Waals surface area contributed by atoms with Crippen LogP contribution in [0.25, 0.3) is 11.3 Å². The molecule has 0 aliphatic carbocycles. The number of hydrogen-bond donors (Lipinski definition) is 0. The highest BCUT2D eigenvalue weighted by atomic mass is 16.5. The van der Waals surface area contributed by atoms with Crippen LogP contribution in [0.3, 0.4) is 0 Å². The van der Waals surface area contributed by atoms with E-state index in [4.69, 9.17) is 14.2 Å². The van der Waals surface area contributed by atoms with Gasteiger partial charge in [0, 0.05) is 24.7 Å². The second-order valence-electron chi connectivity index (χ2n) is 6.09. The summed E-state index contributed by atoms with van der Waals surface area (Å²) in [4.78, 5) is 12.5. The molecule has 4 rings (SSSR count). The molecule has 8 heteroatoms. The van der Waals surface area contributed by atoms with Gasteiger partial charge in [0.05, 0.1) is 38.2 Å². The first-order valence-corrected chi connectivity index (χ1v) is 8.24. The van der Waals surface area contributed by atoms with Crippen molar-refractivity contribution >= 4 is 5.97 Å². The van der Waals surface area contributed by atoms with E-state index in [0.717, 1.165) is 12.0 Å². The topological polar surface area (TPSA) is 80.4 Å². The molecule has 0 aromatic carbocycles. The highest BCUT2D eigenvalue weighted by Crippen LogP contribution is 2.35. The van der Waals surface area contributed by atoms with Crippen molar-refractivity contribution in [2.75, 3.05) is 19.8 Å². The second-order valence-corrected chi connectivity index (χ2v) is 6.09. The predicted octanol–water partition coefficient (Wildman–Crippen LogP) is 1.67. The van der Waals surface area contributed by atoms with E-state index >= 15 is 0 Å². The van der Waals surface area contributed by atoms with Crippen LogP contribution in [0.4, 0.5) is 0 Å². The second kappa shape index (κ2) is 5.94. The maximum absolute atomic E-state index is 12.5. The predicted molar refractivity (Wildman–Crippen MR) is 84.0 cm³/mol. The Kier molecular flexibility index (Phi) is 3.76. The van der Waals surface area contributed by atoms with Gasteiger partial charge in [-0.1, -0.05) is 0 Å². The fourth-order valence-electron chi connectivity index (χ4n) is 2.90. The summed E-state index contributed by atoms with van der Waals surface area (Å²) in [5.41, 5.74) is 1.72. The van der Waals surface area contributed by atoms with Crippen molar-refractivity contribution in [3.05, 3.63) is 18.0 Å². The molecule has 0 N–H and O–H groups in total. The Morgan fingerprint density at radius 1 is 1.46 bits per heavy atom. The van der Waals surface area contributed by atoms with Gasteiger partial charge in [0.2, 0.25) is 5.88 Å². The highest BCUT2D eigenvalue weighted by Gasteiger charge is 2.32. The molecule has 0 bridgehead atoms. The van der Waals surface area contributed by atoms with Crippen molar-refractivity contribution in [2.45, 2.75) is 39.0 Å². The molecule has 1 fully saturated rings. The minimum atomic E-state index is -0.414. The molecule has 2 aromatic heterocycles. The minimum Gasteiger partial charge on any atom is -0.474 e. The van der Waals surface area contributed by atoms with Crippen molar-refractivity contribution in [2.24, 2.45) is 0 Å². The van der Waals surface area contributed by atoms with Crippen LogP contribution < -0.4 is 4.74 Å². The number of rotatable bonds is 4. The van der Waals surface area contributed by atoms with Gasteiger partial charge in [-0.25, -0.2) is 9.48 Å². The zero-order valence-corrected chi connectivity index (χ0v) is 13.8. The van der Waals surface area contributed by atoms with Crippen LogP contribution in [-0.2, 0) is 16.0 Å². The Hall–Kier alpha value is -2.35. The standard InChI is InChI=1S/C16H20N4O4/c1-3-23-16(21)13-14(18-19-5-4-10(2)24-15(13)19)11-6-17-20(7-11)12-8-22-9-12/h6-7,10,12H,3-5,8-9H2,1-2H3/t10-/m1/s1. The zero-order chi connectivity index (χ0) is 16.7. The summed E-state index contributed by atoms with van der Waals surface area (Å²) in [6.07, 6.45) is 4.52. The lowest BCUT2D eigenvalue weighted by atomic mass is 10.1. The highest BCUT2D eigenvalue weighted by molar-refractivity contribution is 5.98. The van der Waals surface area contributed by atoms with Gasteiger partial charge in [-0.2, -0.15) is 10.2 Å². The van der Waals surface area contributed by atoms with Gasteiger partial charge in [0.1, 0.15) is 11.3 Å². The molecular formula is C16H20N4O4. The molecule has 0 amide bonds. The summed E-state index contributed by atoms with van der Waals surface area (Å²) < 4.78 is 19.9. The Morgan fingerprint density at radius 2 is 2.29 bits per heavy atom. The van der Waals surface area contributed by atoms with E-state index in [1.807, 2.05) is 17.8 Å². The van der Waals surface area contributed by atoms with Crippen LogP contribution >= 0.6 is 0 Å². The lowest BCUT2D eigenvalue weighted by molar-refractivity contribution is -0.0286. The number of aromatic nitrogens is 4. The SMILES string of the molecule is CCOC(=O)c1c(-c2cnn(C3COC3)c2)nn2c1O[C@H](C)CC2. The van der Waals surface area contributed by atoms with E-state index in [1.54, 1.807) is 17.8 Å². The number of carbonyl (C=O) groups excluding carboxylic acids is 1.